The van der Waals surface area contributed by atoms with Crippen LogP contribution >= 0.6 is 0 Å². The van der Waals surface area contributed by atoms with Gasteiger partial charge in [-0.15, -0.1) is 0 Å². The van der Waals surface area contributed by atoms with Gasteiger partial charge >= 0.3 is 0 Å². The smallest absolute Gasteiger partial charge is 0.217 e. The summed E-state index contributed by atoms with van der Waals surface area (Å²) in [4.78, 5) is 2.27. The standard InChI is InChI=1S/C20H25F2N3O3S/c21-14-1-4-18(22)17(5-14)20-19(23)6-15(11-28-20)24-7-12-9-25(10-13(12)8-24)29(26,27)16-2-3-16/h1,4-5,15-16,19-20H,2-3,6-11,23H2/t15-,19+,20-/m1/s1. The molecular formula is C20H25F2N3O3S. The molecule has 4 aliphatic rings. The number of nitrogens with two attached hydrogens (primary N) is 1. The fourth-order valence-electron chi connectivity index (χ4n) is 4.74. The number of nitrogens with zero attached hydrogens (tertiary/aromatic N) is 2. The lowest BCUT2D eigenvalue weighted by Gasteiger charge is -2.39. The lowest BCUT2D eigenvalue weighted by atomic mass is 9.93. The quantitative estimate of drug-likeness (QED) is 0.741. The average Bonchev–Trinajstić information content (AvgIpc) is 3.35. The Balaban J connectivity index is 1.20. The van der Waals surface area contributed by atoms with Crippen molar-refractivity contribution < 1.29 is 21.9 Å². The number of ether oxygens (including phenoxy) is 1. The summed E-state index contributed by atoms with van der Waals surface area (Å²) in [6.45, 7) is 2.79. The van der Waals surface area contributed by atoms with E-state index in [1.807, 2.05) is 0 Å². The summed E-state index contributed by atoms with van der Waals surface area (Å²) in [6, 6.07) is 2.98. The fourth-order valence-corrected chi connectivity index (χ4v) is 6.57. The van der Waals surface area contributed by atoms with Crippen molar-refractivity contribution in [2.24, 2.45) is 5.73 Å². The van der Waals surface area contributed by atoms with Crippen LogP contribution in [0.2, 0.25) is 0 Å². The number of rotatable bonds is 4. The molecule has 1 aromatic rings. The molecule has 1 saturated heterocycles. The van der Waals surface area contributed by atoms with Crippen molar-refractivity contribution in [3.05, 3.63) is 46.5 Å². The molecule has 1 aromatic carbocycles. The minimum atomic E-state index is -3.14. The average molecular weight is 426 g/mol. The molecule has 1 saturated carbocycles. The van der Waals surface area contributed by atoms with Gasteiger partial charge in [-0.25, -0.2) is 17.2 Å². The maximum absolute atomic E-state index is 14.1. The molecule has 0 bridgehead atoms. The molecular weight excluding hydrogens is 400 g/mol. The van der Waals surface area contributed by atoms with Crippen LogP contribution < -0.4 is 5.73 Å². The first kappa shape index (κ1) is 19.6. The highest BCUT2D eigenvalue weighted by Crippen LogP contribution is 2.37. The summed E-state index contributed by atoms with van der Waals surface area (Å²) >= 11 is 0. The van der Waals surface area contributed by atoms with Crippen LogP contribution in [0.4, 0.5) is 8.78 Å². The predicted octanol–water partition coefficient (Wildman–Crippen LogP) is 1.54. The number of sulfonamides is 1. The van der Waals surface area contributed by atoms with Gasteiger partial charge in [-0.1, -0.05) is 0 Å². The minimum Gasteiger partial charge on any atom is -0.370 e. The largest absolute Gasteiger partial charge is 0.370 e. The topological polar surface area (TPSA) is 75.9 Å². The first-order valence-electron chi connectivity index (χ1n) is 10.1. The molecule has 0 aromatic heterocycles. The Morgan fingerprint density at radius 1 is 1.07 bits per heavy atom. The van der Waals surface area contributed by atoms with E-state index in [4.69, 9.17) is 10.5 Å². The van der Waals surface area contributed by atoms with Gasteiger partial charge in [-0.2, -0.15) is 4.31 Å². The molecule has 0 spiro atoms. The molecule has 158 valence electrons. The first-order chi connectivity index (χ1) is 13.8. The van der Waals surface area contributed by atoms with Crippen LogP contribution in [0.15, 0.2) is 29.3 Å². The number of halogens is 2. The second kappa shape index (κ2) is 7.09. The lowest BCUT2D eigenvalue weighted by molar-refractivity contribution is -0.0467. The normalized spacial score (nSPS) is 31.5. The van der Waals surface area contributed by atoms with Gasteiger partial charge in [0.15, 0.2) is 0 Å². The van der Waals surface area contributed by atoms with Crippen molar-refractivity contribution in [2.45, 2.75) is 42.7 Å². The third-order valence-electron chi connectivity index (χ3n) is 6.51. The molecule has 0 radical (unpaired) electrons. The maximum atomic E-state index is 14.1. The van der Waals surface area contributed by atoms with E-state index in [0.29, 0.717) is 39.2 Å². The molecule has 3 aliphatic heterocycles. The van der Waals surface area contributed by atoms with Gasteiger partial charge < -0.3 is 10.5 Å². The summed E-state index contributed by atoms with van der Waals surface area (Å²) < 4.78 is 60.1. The van der Waals surface area contributed by atoms with Crippen LogP contribution in [0, 0.1) is 11.6 Å². The lowest BCUT2D eigenvalue weighted by Crippen LogP contribution is -2.49. The Hall–Kier alpha value is -1.39. The van der Waals surface area contributed by atoms with Gasteiger partial charge in [0.2, 0.25) is 10.0 Å². The second-order valence-corrected chi connectivity index (χ2v) is 10.8. The van der Waals surface area contributed by atoms with Crippen molar-refractivity contribution in [1.82, 2.24) is 9.21 Å². The Bertz CT molecular complexity index is 946. The Morgan fingerprint density at radius 2 is 1.76 bits per heavy atom. The van der Waals surface area contributed by atoms with Crippen molar-refractivity contribution >= 4 is 10.0 Å². The Morgan fingerprint density at radius 3 is 2.38 bits per heavy atom. The zero-order valence-electron chi connectivity index (χ0n) is 16.1. The van der Waals surface area contributed by atoms with E-state index in [2.05, 4.69) is 4.90 Å². The molecule has 0 unspecified atom stereocenters. The highest BCUT2D eigenvalue weighted by atomic mass is 32.2. The molecule has 2 fully saturated rings. The monoisotopic (exact) mass is 425 g/mol. The summed E-state index contributed by atoms with van der Waals surface area (Å²) in [6.07, 6.45) is 1.51. The van der Waals surface area contributed by atoms with Crippen LogP contribution in [0.1, 0.15) is 30.9 Å². The number of hydrogen-bond acceptors (Lipinski definition) is 5. The zero-order valence-corrected chi connectivity index (χ0v) is 16.9. The molecule has 6 nitrogen and oxygen atoms in total. The summed E-state index contributed by atoms with van der Waals surface area (Å²) in [5.74, 6) is -1.02. The van der Waals surface area contributed by atoms with Crippen molar-refractivity contribution in [3.8, 4) is 0 Å². The Kier molecular flexibility index (Phi) is 4.78. The third kappa shape index (κ3) is 3.53. The molecule has 9 heteroatoms. The Labute approximate surface area is 169 Å². The highest BCUT2D eigenvalue weighted by molar-refractivity contribution is 7.90. The third-order valence-corrected chi connectivity index (χ3v) is 8.80. The van der Waals surface area contributed by atoms with Crippen LogP contribution in [0.5, 0.6) is 0 Å². The van der Waals surface area contributed by atoms with E-state index in [-0.39, 0.29) is 16.9 Å². The van der Waals surface area contributed by atoms with E-state index < -0.39 is 33.8 Å². The van der Waals surface area contributed by atoms with Crippen LogP contribution in [0.25, 0.3) is 0 Å². The van der Waals surface area contributed by atoms with E-state index in [1.54, 1.807) is 4.31 Å². The molecule has 0 amide bonds. The predicted molar refractivity (Wildman–Crippen MR) is 104 cm³/mol. The van der Waals surface area contributed by atoms with E-state index in [9.17, 15) is 17.2 Å². The van der Waals surface area contributed by atoms with Crippen molar-refractivity contribution in [1.29, 1.82) is 0 Å². The summed E-state index contributed by atoms with van der Waals surface area (Å²) in [5, 5.41) is -0.177. The molecule has 29 heavy (non-hydrogen) atoms. The van der Waals surface area contributed by atoms with Gasteiger partial charge in [0.05, 0.1) is 11.9 Å². The summed E-state index contributed by atoms with van der Waals surface area (Å²) in [5.41, 5.74) is 8.81. The van der Waals surface area contributed by atoms with Gasteiger partial charge in [0, 0.05) is 43.8 Å². The SMILES string of the molecule is N[C@H]1C[C@@H](N2CC3=C(C2)CN(S(=O)(=O)C2CC2)C3)CO[C@@H]1c1cc(F)ccc1F. The fraction of sp³-hybridized carbons (Fsp3) is 0.600. The minimum absolute atomic E-state index is 0.0805. The summed E-state index contributed by atoms with van der Waals surface area (Å²) in [7, 11) is -3.14. The van der Waals surface area contributed by atoms with Crippen LogP contribution in [-0.4, -0.2) is 67.7 Å². The number of benzene rings is 1. The molecule has 3 heterocycles. The number of hydrogen-bond donors (Lipinski definition) is 1. The van der Waals surface area contributed by atoms with Crippen molar-refractivity contribution in [3.63, 3.8) is 0 Å². The van der Waals surface area contributed by atoms with Crippen LogP contribution in [-0.2, 0) is 14.8 Å². The van der Waals surface area contributed by atoms with E-state index in [1.165, 1.54) is 11.1 Å². The second-order valence-electron chi connectivity index (χ2n) is 8.60. The molecule has 5 rings (SSSR count). The van der Waals surface area contributed by atoms with Crippen molar-refractivity contribution in [2.75, 3.05) is 32.8 Å². The maximum Gasteiger partial charge on any atom is 0.217 e. The van der Waals surface area contributed by atoms with Gasteiger partial charge in [0.25, 0.3) is 0 Å². The molecule has 2 N–H and O–H groups in total. The van der Waals surface area contributed by atoms with Crippen LogP contribution in [0.3, 0.4) is 0 Å². The van der Waals surface area contributed by atoms with Gasteiger partial charge in [-0.3, -0.25) is 4.90 Å². The zero-order chi connectivity index (χ0) is 20.3. The van der Waals surface area contributed by atoms with E-state index >= 15 is 0 Å². The van der Waals surface area contributed by atoms with E-state index in [0.717, 1.165) is 31.0 Å². The first-order valence-corrected chi connectivity index (χ1v) is 11.6. The molecule has 3 atom stereocenters. The molecule has 1 aliphatic carbocycles. The van der Waals surface area contributed by atoms with Gasteiger partial charge in [-0.05, 0) is 48.6 Å². The van der Waals surface area contributed by atoms with Gasteiger partial charge in [0.1, 0.15) is 17.7 Å². The highest BCUT2D eigenvalue weighted by Gasteiger charge is 2.45.